The van der Waals surface area contributed by atoms with Crippen LogP contribution in [0.3, 0.4) is 0 Å². The van der Waals surface area contributed by atoms with Crippen LogP contribution in [0.5, 0.6) is 11.5 Å². The van der Waals surface area contributed by atoms with Gasteiger partial charge in [0.15, 0.2) is 0 Å². The third-order valence-corrected chi connectivity index (χ3v) is 4.15. The van der Waals surface area contributed by atoms with Crippen LogP contribution in [0.15, 0.2) is 42.5 Å². The molecule has 0 radical (unpaired) electrons. The van der Waals surface area contributed by atoms with Gasteiger partial charge in [0.05, 0.1) is 6.61 Å². The van der Waals surface area contributed by atoms with Gasteiger partial charge in [0.25, 0.3) is 0 Å². The molecule has 0 saturated heterocycles. The summed E-state index contributed by atoms with van der Waals surface area (Å²) in [6.45, 7) is 4.61. The Hall–Kier alpha value is -2.82. The van der Waals surface area contributed by atoms with E-state index in [9.17, 15) is 9.18 Å². The maximum absolute atomic E-state index is 13.6. The van der Waals surface area contributed by atoms with Gasteiger partial charge >= 0.3 is 0 Å². The van der Waals surface area contributed by atoms with Crippen LogP contribution in [0.25, 0.3) is 6.08 Å². The molecule has 0 aromatic heterocycles. The third-order valence-electron chi connectivity index (χ3n) is 4.15. The molecule has 3 rings (SSSR count). The fourth-order valence-corrected chi connectivity index (χ4v) is 2.91. The van der Waals surface area contributed by atoms with Crippen molar-refractivity contribution < 1.29 is 18.7 Å². The van der Waals surface area contributed by atoms with E-state index >= 15 is 0 Å². The molecule has 0 spiro atoms. The number of hydrogen-bond donors (Lipinski definition) is 1. The summed E-state index contributed by atoms with van der Waals surface area (Å²) in [7, 11) is 0. The Balaban J connectivity index is 1.70. The normalized spacial score (nSPS) is 15.6. The van der Waals surface area contributed by atoms with Crippen LogP contribution >= 0.6 is 0 Å². The van der Waals surface area contributed by atoms with E-state index in [2.05, 4.69) is 5.32 Å². The summed E-state index contributed by atoms with van der Waals surface area (Å²) in [5.74, 6) is 0.917. The van der Waals surface area contributed by atoms with Gasteiger partial charge in [-0.25, -0.2) is 4.39 Å². The van der Waals surface area contributed by atoms with Crippen molar-refractivity contribution in [3.63, 3.8) is 0 Å². The summed E-state index contributed by atoms with van der Waals surface area (Å²) in [6, 6.07) is 10.2. The first kappa shape index (κ1) is 18.0. The van der Waals surface area contributed by atoms with E-state index in [0.29, 0.717) is 12.2 Å². The number of halogens is 1. The second-order valence-corrected chi connectivity index (χ2v) is 6.21. The van der Waals surface area contributed by atoms with Crippen LogP contribution in [0.2, 0.25) is 0 Å². The number of benzene rings is 2. The highest BCUT2D eigenvalue weighted by Gasteiger charge is 2.21. The highest BCUT2D eigenvalue weighted by molar-refractivity contribution is 5.92. The Kier molecular flexibility index (Phi) is 5.56. The number of fused-ring (bicyclic) bond motifs is 1. The highest BCUT2D eigenvalue weighted by Crippen LogP contribution is 2.35. The van der Waals surface area contributed by atoms with E-state index in [-0.39, 0.29) is 24.4 Å². The van der Waals surface area contributed by atoms with Crippen LogP contribution in [0, 0.1) is 5.82 Å². The molecule has 1 N–H and O–H groups in total. The molecule has 0 unspecified atom stereocenters. The minimum Gasteiger partial charge on any atom is -0.493 e. The first-order valence-electron chi connectivity index (χ1n) is 8.72. The minimum absolute atomic E-state index is 0.138. The molecule has 5 heteroatoms. The summed E-state index contributed by atoms with van der Waals surface area (Å²) in [6.07, 6.45) is 4.10. The second-order valence-electron chi connectivity index (χ2n) is 6.21. The zero-order chi connectivity index (χ0) is 18.5. The lowest BCUT2D eigenvalue weighted by Crippen LogP contribution is -2.20. The largest absolute Gasteiger partial charge is 0.493 e. The van der Waals surface area contributed by atoms with Crippen molar-refractivity contribution in [2.24, 2.45) is 0 Å². The van der Waals surface area contributed by atoms with Gasteiger partial charge in [-0.1, -0.05) is 18.2 Å². The molecule has 136 valence electrons. The molecule has 1 amide bonds. The lowest BCUT2D eigenvalue weighted by Gasteiger charge is -2.10. The molecule has 1 heterocycles. The summed E-state index contributed by atoms with van der Waals surface area (Å²) >= 11 is 0. The quantitative estimate of drug-likeness (QED) is 0.800. The van der Waals surface area contributed by atoms with Gasteiger partial charge in [-0.15, -0.1) is 0 Å². The van der Waals surface area contributed by atoms with Crippen LogP contribution in [-0.4, -0.2) is 18.6 Å². The average Bonchev–Trinajstić information content (AvgIpc) is 2.98. The molecule has 4 nitrogen and oxygen atoms in total. The standard InChI is InChI=1S/C21H22FNO3/c1-3-25-19-12-17-10-14(2)26-20(17)11-15(19)8-9-21(24)23-13-16-6-4-5-7-18(16)22/h4-9,11-12,14H,3,10,13H2,1-2H3,(H,23,24)/b9-8+/t14-/m0/s1. The molecule has 2 aromatic carbocycles. The maximum Gasteiger partial charge on any atom is 0.244 e. The Labute approximate surface area is 152 Å². The predicted molar refractivity (Wildman–Crippen MR) is 98.7 cm³/mol. The number of hydrogen-bond acceptors (Lipinski definition) is 3. The molecular weight excluding hydrogens is 333 g/mol. The van der Waals surface area contributed by atoms with Gasteiger partial charge in [-0.2, -0.15) is 0 Å². The Morgan fingerprint density at radius 3 is 2.96 bits per heavy atom. The fourth-order valence-electron chi connectivity index (χ4n) is 2.91. The zero-order valence-corrected chi connectivity index (χ0v) is 14.9. The molecular formula is C21H22FNO3. The monoisotopic (exact) mass is 355 g/mol. The Morgan fingerprint density at radius 1 is 1.38 bits per heavy atom. The summed E-state index contributed by atoms with van der Waals surface area (Å²) < 4.78 is 25.0. The third kappa shape index (κ3) is 4.23. The first-order valence-corrected chi connectivity index (χ1v) is 8.72. The first-order chi connectivity index (χ1) is 12.6. The van der Waals surface area contributed by atoms with Crippen molar-refractivity contribution in [2.75, 3.05) is 6.61 Å². The molecule has 1 aliphatic heterocycles. The van der Waals surface area contributed by atoms with Crippen LogP contribution in [0.4, 0.5) is 4.39 Å². The van der Waals surface area contributed by atoms with E-state index < -0.39 is 0 Å². The molecule has 0 aliphatic carbocycles. The van der Waals surface area contributed by atoms with Gasteiger partial charge in [0.2, 0.25) is 5.91 Å². The van der Waals surface area contributed by atoms with E-state index in [1.54, 1.807) is 24.3 Å². The maximum atomic E-state index is 13.6. The molecule has 0 bridgehead atoms. The van der Waals surface area contributed by atoms with Gasteiger partial charge < -0.3 is 14.8 Å². The smallest absolute Gasteiger partial charge is 0.244 e. The second kappa shape index (κ2) is 8.04. The number of carbonyl (C=O) groups is 1. The molecule has 1 atom stereocenters. The van der Waals surface area contributed by atoms with Gasteiger partial charge in [-0.3, -0.25) is 4.79 Å². The highest BCUT2D eigenvalue weighted by atomic mass is 19.1. The lowest BCUT2D eigenvalue weighted by atomic mass is 10.1. The molecule has 0 fully saturated rings. The predicted octanol–water partition coefficient (Wildman–Crippen LogP) is 3.88. The summed E-state index contributed by atoms with van der Waals surface area (Å²) in [5.41, 5.74) is 2.34. The van der Waals surface area contributed by atoms with Crippen molar-refractivity contribution in [1.29, 1.82) is 0 Å². The van der Waals surface area contributed by atoms with Gasteiger partial charge in [0.1, 0.15) is 23.4 Å². The molecule has 2 aromatic rings. The number of nitrogens with one attached hydrogen (secondary N) is 1. The van der Waals surface area contributed by atoms with Crippen LogP contribution < -0.4 is 14.8 Å². The number of amides is 1. The van der Waals surface area contributed by atoms with E-state index in [0.717, 1.165) is 29.0 Å². The lowest BCUT2D eigenvalue weighted by molar-refractivity contribution is -0.116. The zero-order valence-electron chi connectivity index (χ0n) is 14.9. The molecule has 0 saturated carbocycles. The van der Waals surface area contributed by atoms with E-state index in [1.807, 2.05) is 26.0 Å². The van der Waals surface area contributed by atoms with Crippen molar-refractivity contribution in [3.8, 4) is 11.5 Å². The summed E-state index contributed by atoms with van der Waals surface area (Å²) in [5, 5.41) is 2.68. The number of ether oxygens (including phenoxy) is 2. The van der Waals surface area contributed by atoms with Crippen molar-refractivity contribution in [2.45, 2.75) is 32.9 Å². The topological polar surface area (TPSA) is 47.6 Å². The molecule has 1 aliphatic rings. The summed E-state index contributed by atoms with van der Waals surface area (Å²) in [4.78, 5) is 12.1. The van der Waals surface area contributed by atoms with Crippen molar-refractivity contribution in [3.05, 3.63) is 65.0 Å². The number of carbonyl (C=O) groups excluding carboxylic acids is 1. The van der Waals surface area contributed by atoms with Gasteiger partial charge in [0, 0.05) is 35.7 Å². The van der Waals surface area contributed by atoms with Crippen molar-refractivity contribution in [1.82, 2.24) is 5.32 Å². The minimum atomic E-state index is -0.333. The average molecular weight is 355 g/mol. The van der Waals surface area contributed by atoms with Crippen molar-refractivity contribution >= 4 is 12.0 Å². The fraction of sp³-hybridized carbons (Fsp3) is 0.286. The van der Waals surface area contributed by atoms with Gasteiger partial charge in [-0.05, 0) is 38.1 Å². The van der Waals surface area contributed by atoms with E-state index in [1.165, 1.54) is 12.1 Å². The van der Waals surface area contributed by atoms with Crippen LogP contribution in [-0.2, 0) is 17.8 Å². The van der Waals surface area contributed by atoms with E-state index in [4.69, 9.17) is 9.47 Å². The molecule has 26 heavy (non-hydrogen) atoms. The van der Waals surface area contributed by atoms with Crippen LogP contribution in [0.1, 0.15) is 30.5 Å². The number of rotatable bonds is 6. The Morgan fingerprint density at radius 2 is 2.19 bits per heavy atom. The SMILES string of the molecule is CCOc1cc2c(cc1/C=C/C(=O)NCc1ccccc1F)O[C@@H](C)C2. The Bertz CT molecular complexity index is 832.